The van der Waals surface area contributed by atoms with E-state index in [1.54, 1.807) is 0 Å². The third-order valence-corrected chi connectivity index (χ3v) is 3.94. The number of carboxylic acids is 1. The van der Waals surface area contributed by atoms with Gasteiger partial charge in [-0.3, -0.25) is 19.2 Å². The molecule has 0 saturated heterocycles. The van der Waals surface area contributed by atoms with Gasteiger partial charge in [-0.05, 0) is 12.5 Å². The summed E-state index contributed by atoms with van der Waals surface area (Å²) in [6.07, 6.45) is -2.45. The van der Waals surface area contributed by atoms with E-state index in [4.69, 9.17) is 5.11 Å². The molecule has 11 heteroatoms. The quantitative estimate of drug-likeness (QED) is 0.899. The Morgan fingerprint density at radius 2 is 1.96 bits per heavy atom. The Bertz CT molecular complexity index is 798. The predicted molar refractivity (Wildman–Crippen MR) is 78.1 cm³/mol. The van der Waals surface area contributed by atoms with Crippen LogP contribution in [0.15, 0.2) is 24.5 Å². The number of nitrogens with zero attached hydrogens (tertiary/aromatic N) is 5. The van der Waals surface area contributed by atoms with Crippen LogP contribution in [0, 0.1) is 0 Å². The number of halogens is 3. The van der Waals surface area contributed by atoms with Gasteiger partial charge in [-0.1, -0.05) is 0 Å². The molecule has 2 aromatic heterocycles. The Labute approximate surface area is 139 Å². The standard InChI is InChI=1S/C14H14F3N5O3/c15-14(16,17)10-3-7-20(11-2-6-19-22(10)11)13(25)9-1-5-18-21(9)8-4-12(23)24/h1-2,5-6,10H,3-4,7-8H2,(H,23,24). The second-order valence-electron chi connectivity index (χ2n) is 5.52. The average molecular weight is 357 g/mol. The van der Waals surface area contributed by atoms with Crippen molar-refractivity contribution in [3.05, 3.63) is 30.2 Å². The lowest BCUT2D eigenvalue weighted by molar-refractivity contribution is -0.172. The first-order chi connectivity index (χ1) is 11.8. The maximum absolute atomic E-state index is 13.1. The van der Waals surface area contributed by atoms with Gasteiger partial charge in [0, 0.05) is 18.8 Å². The lowest BCUT2D eigenvalue weighted by Gasteiger charge is -2.33. The first kappa shape index (κ1) is 17.0. The topological polar surface area (TPSA) is 93.2 Å². The van der Waals surface area contributed by atoms with Gasteiger partial charge in [-0.15, -0.1) is 0 Å². The van der Waals surface area contributed by atoms with E-state index in [1.165, 1.54) is 34.1 Å². The van der Waals surface area contributed by atoms with E-state index in [0.29, 0.717) is 0 Å². The lowest BCUT2D eigenvalue weighted by Crippen LogP contribution is -2.43. The molecule has 3 rings (SSSR count). The summed E-state index contributed by atoms with van der Waals surface area (Å²) in [4.78, 5) is 24.6. The minimum absolute atomic E-state index is 0.0122. The Morgan fingerprint density at radius 3 is 2.64 bits per heavy atom. The number of amides is 1. The van der Waals surface area contributed by atoms with E-state index in [9.17, 15) is 22.8 Å². The molecule has 0 aromatic carbocycles. The van der Waals surface area contributed by atoms with E-state index >= 15 is 0 Å². The molecule has 1 aliphatic heterocycles. The number of aromatic nitrogens is 4. The molecule has 134 valence electrons. The molecule has 0 bridgehead atoms. The molecule has 8 nitrogen and oxygen atoms in total. The van der Waals surface area contributed by atoms with E-state index in [0.717, 1.165) is 4.68 Å². The van der Waals surface area contributed by atoms with Crippen LogP contribution in [0.3, 0.4) is 0 Å². The molecular weight excluding hydrogens is 343 g/mol. The van der Waals surface area contributed by atoms with Crippen molar-refractivity contribution in [2.45, 2.75) is 31.6 Å². The maximum Gasteiger partial charge on any atom is 0.410 e. The van der Waals surface area contributed by atoms with Crippen LogP contribution in [0.4, 0.5) is 19.0 Å². The molecule has 1 atom stereocenters. The molecule has 0 aliphatic carbocycles. The molecule has 1 amide bonds. The molecule has 25 heavy (non-hydrogen) atoms. The van der Waals surface area contributed by atoms with Gasteiger partial charge in [-0.25, -0.2) is 4.68 Å². The Morgan fingerprint density at radius 1 is 1.24 bits per heavy atom. The first-order valence-corrected chi connectivity index (χ1v) is 7.44. The molecule has 0 spiro atoms. The van der Waals surface area contributed by atoms with Crippen molar-refractivity contribution in [1.29, 1.82) is 0 Å². The number of anilines is 1. The van der Waals surface area contributed by atoms with Gasteiger partial charge in [-0.2, -0.15) is 23.4 Å². The number of carboxylic acid groups (broad SMARTS) is 1. The van der Waals surface area contributed by atoms with Crippen LogP contribution in [0.2, 0.25) is 0 Å². The van der Waals surface area contributed by atoms with Crippen molar-refractivity contribution in [3.63, 3.8) is 0 Å². The average Bonchev–Trinajstić information content (AvgIpc) is 3.19. The van der Waals surface area contributed by atoms with E-state index < -0.39 is 24.1 Å². The van der Waals surface area contributed by atoms with E-state index in [1.807, 2.05) is 0 Å². The highest BCUT2D eigenvalue weighted by atomic mass is 19.4. The molecule has 1 N–H and O–H groups in total. The minimum Gasteiger partial charge on any atom is -0.481 e. The SMILES string of the molecule is O=C(O)CCn1nccc1C(=O)N1CCC(C(F)(F)F)n2nccc21. The van der Waals surface area contributed by atoms with Crippen LogP contribution in [0.25, 0.3) is 0 Å². The van der Waals surface area contributed by atoms with Crippen LogP contribution in [-0.4, -0.2) is 49.3 Å². The fourth-order valence-corrected chi connectivity index (χ4v) is 2.79. The van der Waals surface area contributed by atoms with Crippen molar-refractivity contribution >= 4 is 17.7 Å². The van der Waals surface area contributed by atoms with Gasteiger partial charge >= 0.3 is 12.1 Å². The third kappa shape index (κ3) is 3.21. The zero-order chi connectivity index (χ0) is 18.2. The number of carbonyl (C=O) groups is 2. The highest BCUT2D eigenvalue weighted by Gasteiger charge is 2.46. The molecule has 2 aromatic rings. The van der Waals surface area contributed by atoms with Crippen molar-refractivity contribution in [2.75, 3.05) is 11.4 Å². The van der Waals surface area contributed by atoms with Crippen molar-refractivity contribution in [1.82, 2.24) is 19.6 Å². The fourth-order valence-electron chi connectivity index (χ4n) is 2.79. The van der Waals surface area contributed by atoms with Gasteiger partial charge in [0.1, 0.15) is 11.5 Å². The van der Waals surface area contributed by atoms with Crippen molar-refractivity contribution in [2.24, 2.45) is 0 Å². The van der Waals surface area contributed by atoms with Crippen LogP contribution < -0.4 is 4.90 Å². The molecule has 1 aliphatic rings. The Hall–Kier alpha value is -2.85. The number of hydrogen-bond acceptors (Lipinski definition) is 4. The molecule has 0 fully saturated rings. The van der Waals surface area contributed by atoms with E-state index in [2.05, 4.69) is 10.2 Å². The maximum atomic E-state index is 13.1. The summed E-state index contributed by atoms with van der Waals surface area (Å²) in [6.45, 7) is -0.138. The highest BCUT2D eigenvalue weighted by molar-refractivity contribution is 6.04. The third-order valence-electron chi connectivity index (χ3n) is 3.94. The number of fused-ring (bicyclic) bond motifs is 1. The summed E-state index contributed by atoms with van der Waals surface area (Å²) in [5.41, 5.74) is 0.111. The lowest BCUT2D eigenvalue weighted by atomic mass is 10.1. The normalized spacial score (nSPS) is 17.4. The van der Waals surface area contributed by atoms with Crippen LogP contribution in [0.5, 0.6) is 0 Å². The van der Waals surface area contributed by atoms with Crippen LogP contribution in [-0.2, 0) is 11.3 Å². The second-order valence-corrected chi connectivity index (χ2v) is 5.52. The van der Waals surface area contributed by atoms with Gasteiger partial charge < -0.3 is 5.11 Å². The van der Waals surface area contributed by atoms with Crippen LogP contribution in [0.1, 0.15) is 29.4 Å². The van der Waals surface area contributed by atoms with Gasteiger partial charge in [0.2, 0.25) is 0 Å². The van der Waals surface area contributed by atoms with Crippen molar-refractivity contribution in [3.8, 4) is 0 Å². The number of aryl methyl sites for hydroxylation is 1. The zero-order valence-electron chi connectivity index (χ0n) is 12.8. The van der Waals surface area contributed by atoms with Gasteiger partial charge in [0.05, 0.1) is 19.2 Å². The summed E-state index contributed by atoms with van der Waals surface area (Å²) >= 11 is 0. The zero-order valence-corrected chi connectivity index (χ0v) is 12.8. The van der Waals surface area contributed by atoms with Gasteiger partial charge in [0.25, 0.3) is 5.91 Å². The first-order valence-electron chi connectivity index (χ1n) is 7.44. The van der Waals surface area contributed by atoms with Gasteiger partial charge in [0.15, 0.2) is 6.04 Å². The van der Waals surface area contributed by atoms with Crippen LogP contribution >= 0.6 is 0 Å². The number of hydrogen-bond donors (Lipinski definition) is 1. The minimum atomic E-state index is -4.46. The predicted octanol–water partition coefficient (Wildman–Crippen LogP) is 1.71. The monoisotopic (exact) mass is 357 g/mol. The molecule has 3 heterocycles. The Kier molecular flexibility index (Phi) is 4.23. The smallest absolute Gasteiger partial charge is 0.410 e. The molecule has 0 radical (unpaired) electrons. The summed E-state index contributed by atoms with van der Waals surface area (Å²) in [7, 11) is 0. The number of rotatable bonds is 4. The molecule has 0 saturated carbocycles. The van der Waals surface area contributed by atoms with Crippen molar-refractivity contribution < 1.29 is 27.9 Å². The number of carbonyl (C=O) groups excluding carboxylic acids is 1. The summed E-state index contributed by atoms with van der Waals surface area (Å²) < 4.78 is 41.3. The summed E-state index contributed by atoms with van der Waals surface area (Å²) in [6, 6.07) is 0.965. The highest BCUT2D eigenvalue weighted by Crippen LogP contribution is 2.39. The summed E-state index contributed by atoms with van der Waals surface area (Å²) in [5.74, 6) is -1.55. The Balaban J connectivity index is 1.87. The number of aliphatic carboxylic acids is 1. The molecular formula is C14H14F3N5O3. The molecule has 1 unspecified atom stereocenters. The second kappa shape index (κ2) is 6.22. The summed E-state index contributed by atoms with van der Waals surface area (Å²) in [5, 5.41) is 16.4. The number of alkyl halides is 3. The van der Waals surface area contributed by atoms with E-state index in [-0.39, 0.29) is 37.4 Å². The largest absolute Gasteiger partial charge is 0.481 e. The fraction of sp³-hybridized carbons (Fsp3) is 0.429.